The topological polar surface area (TPSA) is 64.3 Å². The summed E-state index contributed by atoms with van der Waals surface area (Å²) in [6.07, 6.45) is 0. The number of benzene rings is 1. The third-order valence-electron chi connectivity index (χ3n) is 2.95. The Morgan fingerprint density at radius 2 is 2.05 bits per heavy atom. The predicted octanol–water partition coefficient (Wildman–Crippen LogP) is 2.29. The highest BCUT2D eigenvalue weighted by Gasteiger charge is 2.06. The summed E-state index contributed by atoms with van der Waals surface area (Å²) in [5.74, 6) is 0.489. The fraction of sp³-hybridized carbons (Fsp3) is 0.267. The molecule has 0 fully saturated rings. The number of ether oxygens (including phenoxy) is 1. The van der Waals surface area contributed by atoms with Crippen LogP contribution in [-0.4, -0.2) is 11.9 Å². The van der Waals surface area contributed by atoms with Crippen LogP contribution in [0.5, 0.6) is 5.75 Å². The van der Waals surface area contributed by atoms with Crippen LogP contribution in [0.2, 0.25) is 0 Å². The molecule has 5 heteroatoms. The molecule has 1 aromatic carbocycles. The average Bonchev–Trinajstić information content (AvgIpc) is 2.96. The summed E-state index contributed by atoms with van der Waals surface area (Å²) in [7, 11) is 0. The lowest BCUT2D eigenvalue weighted by atomic mass is 10.2. The van der Waals surface area contributed by atoms with Crippen molar-refractivity contribution in [1.29, 1.82) is 0 Å². The molecule has 0 aliphatic carbocycles. The van der Waals surface area contributed by atoms with Crippen LogP contribution in [0, 0.1) is 0 Å². The van der Waals surface area contributed by atoms with Gasteiger partial charge in [0.05, 0.1) is 6.04 Å². The lowest BCUT2D eigenvalue weighted by Crippen LogP contribution is -2.38. The zero-order valence-electron chi connectivity index (χ0n) is 11.3. The number of carbonyl (C=O) groups excluding carboxylic acids is 1. The van der Waals surface area contributed by atoms with Crippen LogP contribution in [-0.2, 0) is 17.9 Å². The first-order valence-electron chi connectivity index (χ1n) is 6.40. The van der Waals surface area contributed by atoms with E-state index in [2.05, 4.69) is 10.7 Å². The molecule has 0 bridgehead atoms. The minimum atomic E-state index is -0.347. The van der Waals surface area contributed by atoms with Crippen LogP contribution in [0.15, 0.2) is 41.1 Å². The fourth-order valence-corrected chi connectivity index (χ4v) is 2.27. The van der Waals surface area contributed by atoms with Crippen LogP contribution in [0.3, 0.4) is 0 Å². The fourth-order valence-electron chi connectivity index (χ4n) is 1.62. The minimum Gasteiger partial charge on any atom is -0.489 e. The second kappa shape index (κ2) is 7.07. The normalized spacial score (nSPS) is 12.1. The molecule has 4 nitrogen and oxygen atoms in total. The summed E-state index contributed by atoms with van der Waals surface area (Å²) in [6.45, 7) is 2.94. The van der Waals surface area contributed by atoms with E-state index in [0.29, 0.717) is 13.2 Å². The minimum absolute atomic E-state index is 0.329. The highest BCUT2D eigenvalue weighted by atomic mass is 32.1. The number of nitrogens with one attached hydrogen (secondary N) is 1. The van der Waals surface area contributed by atoms with Crippen molar-refractivity contribution in [3.05, 3.63) is 52.2 Å². The Morgan fingerprint density at radius 3 is 2.65 bits per heavy atom. The number of rotatable bonds is 7. The van der Waals surface area contributed by atoms with E-state index in [4.69, 9.17) is 10.5 Å². The van der Waals surface area contributed by atoms with E-state index in [-0.39, 0.29) is 11.9 Å². The summed E-state index contributed by atoms with van der Waals surface area (Å²) in [4.78, 5) is 10.9. The number of primary amides is 1. The zero-order valence-corrected chi connectivity index (χ0v) is 12.2. The lowest BCUT2D eigenvalue weighted by molar-refractivity contribution is -0.119. The zero-order chi connectivity index (χ0) is 14.4. The highest BCUT2D eigenvalue weighted by molar-refractivity contribution is 7.07. The van der Waals surface area contributed by atoms with E-state index in [9.17, 15) is 4.79 Å². The van der Waals surface area contributed by atoms with Crippen molar-refractivity contribution in [2.45, 2.75) is 26.1 Å². The van der Waals surface area contributed by atoms with Crippen LogP contribution in [0.1, 0.15) is 18.1 Å². The second-order valence-corrected chi connectivity index (χ2v) is 5.35. The Labute approximate surface area is 122 Å². The number of hydrogen-bond acceptors (Lipinski definition) is 4. The average molecular weight is 290 g/mol. The molecule has 1 unspecified atom stereocenters. The number of carbonyl (C=O) groups is 1. The summed E-state index contributed by atoms with van der Waals surface area (Å²) in [5.41, 5.74) is 7.45. The maximum Gasteiger partial charge on any atom is 0.234 e. The number of hydrogen-bond donors (Lipinski definition) is 2. The molecular formula is C15H18N2O2S. The van der Waals surface area contributed by atoms with Gasteiger partial charge in [0.1, 0.15) is 12.4 Å². The largest absolute Gasteiger partial charge is 0.489 e. The van der Waals surface area contributed by atoms with Crippen LogP contribution < -0.4 is 15.8 Å². The van der Waals surface area contributed by atoms with Gasteiger partial charge in [-0.25, -0.2) is 0 Å². The molecule has 1 amide bonds. The van der Waals surface area contributed by atoms with Gasteiger partial charge in [-0.3, -0.25) is 4.79 Å². The molecule has 0 aliphatic rings. The maximum atomic E-state index is 10.9. The molecule has 0 saturated heterocycles. The van der Waals surface area contributed by atoms with Gasteiger partial charge >= 0.3 is 0 Å². The number of nitrogens with two attached hydrogens (primary N) is 1. The Balaban J connectivity index is 1.82. The van der Waals surface area contributed by atoms with Gasteiger partial charge in [-0.05, 0) is 47.0 Å². The lowest BCUT2D eigenvalue weighted by Gasteiger charge is -2.10. The molecule has 1 heterocycles. The molecule has 3 N–H and O–H groups in total. The molecule has 0 spiro atoms. The molecule has 0 aliphatic heterocycles. The Morgan fingerprint density at radius 1 is 1.30 bits per heavy atom. The van der Waals surface area contributed by atoms with E-state index in [1.165, 1.54) is 5.56 Å². The maximum absolute atomic E-state index is 10.9. The highest BCUT2D eigenvalue weighted by Crippen LogP contribution is 2.15. The number of amides is 1. The number of thiophene rings is 1. The monoisotopic (exact) mass is 290 g/mol. The molecule has 20 heavy (non-hydrogen) atoms. The molecule has 1 atom stereocenters. The summed E-state index contributed by atoms with van der Waals surface area (Å²) >= 11 is 1.66. The van der Waals surface area contributed by atoms with Crippen molar-refractivity contribution in [3.63, 3.8) is 0 Å². The summed E-state index contributed by atoms with van der Waals surface area (Å²) in [5, 5.41) is 7.17. The molecule has 2 aromatic rings. The quantitative estimate of drug-likeness (QED) is 0.822. The van der Waals surface area contributed by atoms with Crippen LogP contribution in [0.4, 0.5) is 0 Å². The first-order chi connectivity index (χ1) is 9.65. The summed E-state index contributed by atoms with van der Waals surface area (Å²) in [6, 6.07) is 9.53. The van der Waals surface area contributed by atoms with Crippen molar-refractivity contribution in [1.82, 2.24) is 5.32 Å². The standard InChI is InChI=1S/C15H18N2O2S/c1-11(15(16)18)17-8-12-2-4-14(5-3-12)19-9-13-6-7-20-10-13/h2-7,10-11,17H,8-9H2,1H3,(H2,16,18). The first kappa shape index (κ1) is 14.6. The second-order valence-electron chi connectivity index (χ2n) is 4.57. The molecule has 0 saturated carbocycles. The third kappa shape index (κ3) is 4.36. The molecular weight excluding hydrogens is 272 g/mol. The van der Waals surface area contributed by atoms with Crippen molar-refractivity contribution in [2.75, 3.05) is 0 Å². The molecule has 106 valence electrons. The van der Waals surface area contributed by atoms with E-state index in [0.717, 1.165) is 11.3 Å². The van der Waals surface area contributed by atoms with Gasteiger partial charge < -0.3 is 15.8 Å². The summed E-state index contributed by atoms with van der Waals surface area (Å²) < 4.78 is 5.68. The van der Waals surface area contributed by atoms with Gasteiger partial charge in [0.25, 0.3) is 0 Å². The van der Waals surface area contributed by atoms with Crippen LogP contribution >= 0.6 is 11.3 Å². The van der Waals surface area contributed by atoms with Crippen molar-refractivity contribution >= 4 is 17.2 Å². The molecule has 1 aromatic heterocycles. The van der Waals surface area contributed by atoms with Gasteiger partial charge in [0.15, 0.2) is 0 Å². The Hall–Kier alpha value is -1.85. The van der Waals surface area contributed by atoms with Gasteiger partial charge in [0, 0.05) is 6.54 Å². The van der Waals surface area contributed by atoms with Gasteiger partial charge in [0.2, 0.25) is 5.91 Å². The SMILES string of the molecule is CC(NCc1ccc(OCc2ccsc2)cc1)C(N)=O. The third-order valence-corrected chi connectivity index (χ3v) is 3.68. The van der Waals surface area contributed by atoms with Gasteiger partial charge in [-0.2, -0.15) is 11.3 Å². The molecule has 2 rings (SSSR count). The van der Waals surface area contributed by atoms with Crippen molar-refractivity contribution < 1.29 is 9.53 Å². The van der Waals surface area contributed by atoms with E-state index in [1.807, 2.05) is 35.7 Å². The van der Waals surface area contributed by atoms with E-state index < -0.39 is 0 Å². The van der Waals surface area contributed by atoms with Crippen molar-refractivity contribution in [2.24, 2.45) is 5.73 Å². The smallest absolute Gasteiger partial charge is 0.234 e. The Kier molecular flexibility index (Phi) is 5.15. The van der Waals surface area contributed by atoms with E-state index >= 15 is 0 Å². The van der Waals surface area contributed by atoms with Crippen LogP contribution in [0.25, 0.3) is 0 Å². The first-order valence-corrected chi connectivity index (χ1v) is 7.35. The van der Waals surface area contributed by atoms with Gasteiger partial charge in [-0.15, -0.1) is 0 Å². The molecule has 0 radical (unpaired) electrons. The predicted molar refractivity (Wildman–Crippen MR) is 80.6 cm³/mol. The Bertz CT molecular complexity index is 538. The van der Waals surface area contributed by atoms with Gasteiger partial charge in [-0.1, -0.05) is 12.1 Å². The van der Waals surface area contributed by atoms with E-state index in [1.54, 1.807) is 18.3 Å². The van der Waals surface area contributed by atoms with Crippen molar-refractivity contribution in [3.8, 4) is 5.75 Å².